The molecule has 0 radical (unpaired) electrons. The van der Waals surface area contributed by atoms with Gasteiger partial charge >= 0.3 is 5.97 Å². The molecule has 0 aromatic carbocycles. The molecule has 0 aromatic heterocycles. The van der Waals surface area contributed by atoms with Crippen molar-refractivity contribution in [1.82, 2.24) is 5.32 Å². The largest absolute Gasteiger partial charge is 0.480 e. The summed E-state index contributed by atoms with van der Waals surface area (Å²) in [5.74, 6) is 0.0941. The fourth-order valence-corrected chi connectivity index (χ4v) is 1.52. The second kappa shape index (κ2) is 6.80. The van der Waals surface area contributed by atoms with Crippen molar-refractivity contribution in [3.05, 3.63) is 0 Å². The highest BCUT2D eigenvalue weighted by Gasteiger charge is 2.20. The summed E-state index contributed by atoms with van der Waals surface area (Å²) in [6, 6.07) is -0.462. The fraction of sp³-hybridized carbons (Fsp3) is 0.909. The average molecular weight is 215 g/mol. The summed E-state index contributed by atoms with van der Waals surface area (Å²) in [6.07, 6.45) is 4.38. The van der Waals surface area contributed by atoms with E-state index in [4.69, 9.17) is 9.84 Å². The summed E-state index contributed by atoms with van der Waals surface area (Å²) in [6.45, 7) is 3.91. The van der Waals surface area contributed by atoms with Crippen LogP contribution in [0.1, 0.15) is 32.6 Å². The van der Waals surface area contributed by atoms with Crippen molar-refractivity contribution in [3.8, 4) is 0 Å². The number of carboxylic acids is 1. The number of carbonyl (C=O) groups is 1. The Morgan fingerprint density at radius 3 is 2.80 bits per heavy atom. The predicted molar refractivity (Wildman–Crippen MR) is 57.9 cm³/mol. The zero-order valence-corrected chi connectivity index (χ0v) is 9.37. The summed E-state index contributed by atoms with van der Waals surface area (Å²) in [5, 5.41) is 11.8. The topological polar surface area (TPSA) is 58.6 Å². The van der Waals surface area contributed by atoms with Crippen LogP contribution >= 0.6 is 0 Å². The number of ether oxygens (including phenoxy) is 1. The van der Waals surface area contributed by atoms with Crippen LogP contribution in [0, 0.1) is 5.92 Å². The van der Waals surface area contributed by atoms with Gasteiger partial charge < -0.3 is 15.2 Å². The number of hydrogen-bond donors (Lipinski definition) is 2. The Balaban J connectivity index is 1.96. The highest BCUT2D eigenvalue weighted by molar-refractivity contribution is 5.73. The first-order valence-electron chi connectivity index (χ1n) is 5.78. The molecule has 15 heavy (non-hydrogen) atoms. The maximum atomic E-state index is 10.8. The van der Waals surface area contributed by atoms with Gasteiger partial charge in [-0.25, -0.2) is 0 Å². The van der Waals surface area contributed by atoms with Crippen molar-refractivity contribution in [2.45, 2.75) is 38.6 Å². The second-order valence-corrected chi connectivity index (χ2v) is 4.08. The molecule has 0 aliphatic heterocycles. The van der Waals surface area contributed by atoms with Crippen molar-refractivity contribution >= 4 is 5.97 Å². The molecule has 0 aromatic rings. The molecule has 0 heterocycles. The highest BCUT2D eigenvalue weighted by atomic mass is 16.5. The zero-order valence-electron chi connectivity index (χ0n) is 9.37. The van der Waals surface area contributed by atoms with Crippen LogP contribution in [0.25, 0.3) is 0 Å². The third-order valence-corrected chi connectivity index (χ3v) is 2.67. The Labute approximate surface area is 91.0 Å². The Morgan fingerprint density at radius 2 is 2.27 bits per heavy atom. The Kier molecular flexibility index (Phi) is 5.65. The summed E-state index contributed by atoms with van der Waals surface area (Å²) in [7, 11) is 0. The number of rotatable bonds is 9. The molecular weight excluding hydrogens is 194 g/mol. The molecule has 88 valence electrons. The van der Waals surface area contributed by atoms with E-state index in [9.17, 15) is 4.79 Å². The summed E-state index contributed by atoms with van der Waals surface area (Å²) < 4.78 is 5.41. The van der Waals surface area contributed by atoms with E-state index < -0.39 is 12.0 Å². The van der Waals surface area contributed by atoms with Crippen molar-refractivity contribution in [2.24, 2.45) is 5.92 Å². The molecule has 1 rings (SSSR count). The van der Waals surface area contributed by atoms with Crippen LogP contribution < -0.4 is 5.32 Å². The van der Waals surface area contributed by atoms with Gasteiger partial charge in [-0.2, -0.15) is 0 Å². The first-order chi connectivity index (χ1) is 7.24. The van der Waals surface area contributed by atoms with Crippen LogP contribution in [0.3, 0.4) is 0 Å². The van der Waals surface area contributed by atoms with Crippen LogP contribution in [0.15, 0.2) is 0 Å². The number of likely N-dealkylation sites (N-methyl/N-ethyl adjacent to an activating group) is 1. The molecule has 1 atom stereocenters. The van der Waals surface area contributed by atoms with Crippen LogP contribution in [0.5, 0.6) is 0 Å². The lowest BCUT2D eigenvalue weighted by molar-refractivity contribution is -0.140. The quantitative estimate of drug-likeness (QED) is 0.568. The molecule has 0 saturated heterocycles. The van der Waals surface area contributed by atoms with Crippen molar-refractivity contribution in [3.63, 3.8) is 0 Å². The molecule has 4 heteroatoms. The van der Waals surface area contributed by atoms with Crippen molar-refractivity contribution in [2.75, 3.05) is 19.8 Å². The van der Waals surface area contributed by atoms with E-state index in [-0.39, 0.29) is 0 Å². The van der Waals surface area contributed by atoms with E-state index in [1.165, 1.54) is 12.8 Å². The highest BCUT2D eigenvalue weighted by Crippen LogP contribution is 2.32. The second-order valence-electron chi connectivity index (χ2n) is 4.08. The van der Waals surface area contributed by atoms with Gasteiger partial charge in [-0.15, -0.1) is 0 Å². The van der Waals surface area contributed by atoms with Gasteiger partial charge in [-0.05, 0) is 25.3 Å². The smallest absolute Gasteiger partial charge is 0.320 e. The lowest BCUT2D eigenvalue weighted by Gasteiger charge is -2.12. The van der Waals surface area contributed by atoms with E-state index in [1.54, 1.807) is 0 Å². The van der Waals surface area contributed by atoms with Gasteiger partial charge in [0.25, 0.3) is 0 Å². The minimum absolute atomic E-state index is 0.462. The SMILES string of the molecule is CCNC(CCOCCC1CC1)C(=O)O. The van der Waals surface area contributed by atoms with Gasteiger partial charge in [-0.3, -0.25) is 4.79 Å². The number of nitrogens with one attached hydrogen (secondary N) is 1. The first-order valence-corrected chi connectivity index (χ1v) is 5.78. The molecular formula is C11H21NO3. The molecule has 1 saturated carbocycles. The molecule has 0 bridgehead atoms. The van der Waals surface area contributed by atoms with Gasteiger partial charge in [0.2, 0.25) is 0 Å². The average Bonchev–Trinajstić information content (AvgIpc) is 2.99. The lowest BCUT2D eigenvalue weighted by atomic mass is 10.2. The van der Waals surface area contributed by atoms with E-state index >= 15 is 0 Å². The fourth-order valence-electron chi connectivity index (χ4n) is 1.52. The van der Waals surface area contributed by atoms with Gasteiger partial charge in [0.1, 0.15) is 6.04 Å². The number of aliphatic carboxylic acids is 1. The van der Waals surface area contributed by atoms with Crippen LogP contribution in [0.4, 0.5) is 0 Å². The Morgan fingerprint density at radius 1 is 1.53 bits per heavy atom. The molecule has 1 fully saturated rings. The van der Waals surface area contributed by atoms with E-state index in [0.29, 0.717) is 19.6 Å². The van der Waals surface area contributed by atoms with Gasteiger partial charge in [0, 0.05) is 13.2 Å². The Hall–Kier alpha value is -0.610. The standard InChI is InChI=1S/C11H21NO3/c1-2-12-10(11(13)14)6-8-15-7-5-9-3-4-9/h9-10,12H,2-8H2,1H3,(H,13,14). The minimum atomic E-state index is -0.789. The molecule has 1 aliphatic carbocycles. The molecule has 2 N–H and O–H groups in total. The first kappa shape index (κ1) is 12.5. The summed E-state index contributed by atoms with van der Waals surface area (Å²) in [4.78, 5) is 10.8. The van der Waals surface area contributed by atoms with E-state index in [0.717, 1.165) is 18.9 Å². The number of carboxylic acid groups (broad SMARTS) is 1. The maximum absolute atomic E-state index is 10.8. The maximum Gasteiger partial charge on any atom is 0.320 e. The van der Waals surface area contributed by atoms with Gasteiger partial charge in [0.15, 0.2) is 0 Å². The van der Waals surface area contributed by atoms with Crippen LogP contribution in [-0.4, -0.2) is 36.9 Å². The summed E-state index contributed by atoms with van der Waals surface area (Å²) in [5.41, 5.74) is 0. The zero-order chi connectivity index (χ0) is 11.1. The minimum Gasteiger partial charge on any atom is -0.480 e. The molecule has 1 unspecified atom stereocenters. The number of hydrogen-bond acceptors (Lipinski definition) is 3. The molecule has 0 amide bonds. The lowest BCUT2D eigenvalue weighted by Crippen LogP contribution is -2.37. The monoisotopic (exact) mass is 215 g/mol. The van der Waals surface area contributed by atoms with E-state index in [2.05, 4.69) is 5.32 Å². The van der Waals surface area contributed by atoms with Gasteiger partial charge in [0.05, 0.1) is 0 Å². The van der Waals surface area contributed by atoms with Crippen molar-refractivity contribution in [1.29, 1.82) is 0 Å². The van der Waals surface area contributed by atoms with Crippen LogP contribution in [0.2, 0.25) is 0 Å². The molecule has 1 aliphatic rings. The molecule has 0 spiro atoms. The normalized spacial score (nSPS) is 17.7. The third kappa shape index (κ3) is 5.74. The van der Waals surface area contributed by atoms with Crippen LogP contribution in [-0.2, 0) is 9.53 Å². The Bertz CT molecular complexity index is 192. The van der Waals surface area contributed by atoms with Crippen molar-refractivity contribution < 1.29 is 14.6 Å². The van der Waals surface area contributed by atoms with E-state index in [1.807, 2.05) is 6.92 Å². The van der Waals surface area contributed by atoms with Gasteiger partial charge in [-0.1, -0.05) is 19.8 Å². The third-order valence-electron chi connectivity index (χ3n) is 2.67. The summed E-state index contributed by atoms with van der Waals surface area (Å²) >= 11 is 0. The molecule has 4 nitrogen and oxygen atoms in total. The predicted octanol–water partition coefficient (Wildman–Crippen LogP) is 1.26.